The first-order valence-electron chi connectivity index (χ1n) is 13.1. The van der Waals surface area contributed by atoms with E-state index in [1.54, 1.807) is 19.4 Å². The van der Waals surface area contributed by atoms with Gasteiger partial charge in [0.1, 0.15) is 36.3 Å². The third kappa shape index (κ3) is 12.0. The lowest BCUT2D eigenvalue weighted by Gasteiger charge is -2.25. The molecule has 1 unspecified atom stereocenters. The lowest BCUT2D eigenvalue weighted by molar-refractivity contribution is -0.193. The number of aliphatic carboxylic acids is 2. The second-order valence-corrected chi connectivity index (χ2v) is 9.75. The number of carboxylic acid groups (broad SMARTS) is 2. The number of alkyl halides is 6. The van der Waals surface area contributed by atoms with E-state index >= 15 is 0 Å². The van der Waals surface area contributed by atoms with Crippen LogP contribution >= 0.6 is 0 Å². The van der Waals surface area contributed by atoms with Crippen molar-refractivity contribution in [1.29, 1.82) is 0 Å². The van der Waals surface area contributed by atoms with Crippen molar-refractivity contribution in [2.75, 3.05) is 46.3 Å². The molecule has 19 heteroatoms. The summed E-state index contributed by atoms with van der Waals surface area (Å²) >= 11 is 0. The molecule has 2 heterocycles. The average molecular weight is 683 g/mol. The number of methoxy groups -OCH3 is 1. The van der Waals surface area contributed by atoms with Gasteiger partial charge in [0.2, 0.25) is 5.91 Å². The molecule has 0 radical (unpaired) electrons. The highest BCUT2D eigenvalue weighted by Gasteiger charge is 2.39. The van der Waals surface area contributed by atoms with Crippen LogP contribution in [-0.2, 0) is 20.8 Å². The van der Waals surface area contributed by atoms with Crippen LogP contribution in [0, 0.1) is 11.7 Å². The Bertz CT molecular complexity index is 1490. The van der Waals surface area contributed by atoms with Crippen LogP contribution in [0.2, 0.25) is 0 Å². The number of hydrogen-bond donors (Lipinski definition) is 4. The molecule has 0 spiro atoms. The number of aromatic amines is 1. The summed E-state index contributed by atoms with van der Waals surface area (Å²) in [5, 5.41) is 23.7. The van der Waals surface area contributed by atoms with Crippen LogP contribution in [0.15, 0.2) is 42.7 Å². The fraction of sp³-hybridized carbons (Fsp3) is 0.357. The Morgan fingerprint density at radius 3 is 2.19 bits per heavy atom. The van der Waals surface area contributed by atoms with E-state index < -0.39 is 36.0 Å². The molecule has 4 rings (SSSR count). The van der Waals surface area contributed by atoms with Crippen LogP contribution in [0.3, 0.4) is 0 Å². The minimum absolute atomic E-state index is 0.234. The summed E-state index contributed by atoms with van der Waals surface area (Å²) in [6, 6.07) is 8.39. The number of nitrogens with one attached hydrogen (secondary N) is 2. The number of ether oxygens (including phenoxy) is 3. The summed E-state index contributed by atoms with van der Waals surface area (Å²) < 4.78 is 95.4. The Kier molecular flexibility index (Phi) is 13.4. The summed E-state index contributed by atoms with van der Waals surface area (Å²) in [5.74, 6) is -4.87. The molecule has 0 saturated heterocycles. The molecule has 1 aliphatic rings. The Balaban J connectivity index is 0.000000459. The van der Waals surface area contributed by atoms with Crippen molar-refractivity contribution >= 4 is 23.5 Å². The van der Waals surface area contributed by atoms with E-state index in [0.29, 0.717) is 42.2 Å². The zero-order chi connectivity index (χ0) is 35.5. The Labute approximate surface area is 262 Å². The SMILES string of the molecule is COc1ccc2c(c1)CC(C(=O)Nc1cc(F)c(-c3cn[nH]c3)cc1OCCN(C)C)CO2.O=C(O)C(F)(F)F.O=C(O)C(F)(F)F. The van der Waals surface area contributed by atoms with E-state index in [1.807, 2.05) is 37.2 Å². The number of nitrogens with zero attached hydrogens (tertiary/aromatic N) is 2. The number of fused-ring (bicyclic) bond motifs is 1. The van der Waals surface area contributed by atoms with Gasteiger partial charge in [0.05, 0.1) is 24.9 Å². The number of aromatic nitrogens is 2. The zero-order valence-electron chi connectivity index (χ0n) is 24.8. The largest absolute Gasteiger partial charge is 0.497 e. The van der Waals surface area contributed by atoms with Gasteiger partial charge in [0, 0.05) is 29.9 Å². The molecule has 3 aromatic rings. The van der Waals surface area contributed by atoms with E-state index in [2.05, 4.69) is 15.5 Å². The number of carboxylic acids is 2. The topological polar surface area (TPSA) is 163 Å². The van der Waals surface area contributed by atoms with Crippen molar-refractivity contribution in [3.05, 3.63) is 54.1 Å². The van der Waals surface area contributed by atoms with Gasteiger partial charge < -0.3 is 34.6 Å². The van der Waals surface area contributed by atoms with Gasteiger partial charge >= 0.3 is 24.3 Å². The first-order chi connectivity index (χ1) is 21.8. The monoisotopic (exact) mass is 682 g/mol. The van der Waals surface area contributed by atoms with Crippen molar-refractivity contribution in [3.8, 4) is 28.4 Å². The number of H-pyrrole nitrogens is 1. The van der Waals surface area contributed by atoms with Gasteiger partial charge in [-0.25, -0.2) is 14.0 Å². The maximum Gasteiger partial charge on any atom is 0.490 e. The predicted octanol–water partition coefficient (Wildman–Crippen LogP) is 4.62. The summed E-state index contributed by atoms with van der Waals surface area (Å²) in [7, 11) is 5.46. The number of likely N-dealkylation sites (N-methyl/N-ethyl adjacent to an activating group) is 1. The van der Waals surface area contributed by atoms with Crippen LogP contribution in [0.25, 0.3) is 11.1 Å². The molecule has 1 aromatic heterocycles. The molecule has 0 saturated carbocycles. The number of carbonyl (C=O) groups excluding carboxylic acids is 1. The minimum atomic E-state index is -5.08. The van der Waals surface area contributed by atoms with Crippen LogP contribution < -0.4 is 19.5 Å². The van der Waals surface area contributed by atoms with E-state index in [-0.39, 0.29) is 18.2 Å². The van der Waals surface area contributed by atoms with E-state index in [9.17, 15) is 35.5 Å². The van der Waals surface area contributed by atoms with Gasteiger partial charge in [-0.1, -0.05) is 0 Å². The minimum Gasteiger partial charge on any atom is -0.497 e. The van der Waals surface area contributed by atoms with Crippen LogP contribution in [-0.4, -0.2) is 96.5 Å². The third-order valence-corrected chi connectivity index (χ3v) is 5.96. The van der Waals surface area contributed by atoms with Gasteiger partial charge in [-0.3, -0.25) is 9.89 Å². The second kappa shape index (κ2) is 16.5. The molecule has 0 bridgehead atoms. The van der Waals surface area contributed by atoms with Crippen LogP contribution in [0.1, 0.15) is 5.56 Å². The molecular formula is C28H29F7N4O8. The van der Waals surface area contributed by atoms with Gasteiger partial charge in [0.15, 0.2) is 0 Å². The summed E-state index contributed by atoms with van der Waals surface area (Å²) in [6.45, 7) is 1.28. The van der Waals surface area contributed by atoms with Gasteiger partial charge in [-0.15, -0.1) is 0 Å². The fourth-order valence-electron chi connectivity index (χ4n) is 3.63. The molecule has 1 amide bonds. The Morgan fingerprint density at radius 2 is 1.68 bits per heavy atom. The first kappa shape index (κ1) is 38.1. The number of benzene rings is 2. The standard InChI is InChI=1S/C24H27FN4O4.2C2HF3O2/c1-29(2)6-7-32-23-10-19(17-12-26-27-13-17)20(25)11-21(23)28-24(30)16-8-15-9-18(31-3)4-5-22(15)33-14-16;2*3-2(4,5)1(6)7/h4-5,9-13,16H,6-8,14H2,1-3H3,(H,26,27)(H,28,30);2*(H,6,7). The molecule has 1 aliphatic heterocycles. The van der Waals surface area contributed by atoms with Crippen molar-refractivity contribution < 1.29 is 69.5 Å². The molecule has 12 nitrogen and oxygen atoms in total. The molecule has 0 fully saturated rings. The Hall–Kier alpha value is -5.07. The average Bonchev–Trinajstić information content (AvgIpc) is 3.52. The number of halogens is 7. The number of hydrogen-bond acceptors (Lipinski definition) is 8. The zero-order valence-corrected chi connectivity index (χ0v) is 24.8. The normalized spacial score (nSPS) is 13.9. The lowest BCUT2D eigenvalue weighted by atomic mass is 9.95. The highest BCUT2D eigenvalue weighted by molar-refractivity contribution is 5.95. The maximum atomic E-state index is 14.9. The predicted molar refractivity (Wildman–Crippen MR) is 150 cm³/mol. The number of anilines is 1. The molecular weight excluding hydrogens is 653 g/mol. The van der Waals surface area contributed by atoms with Crippen LogP contribution in [0.4, 0.5) is 36.4 Å². The third-order valence-electron chi connectivity index (χ3n) is 5.96. The van der Waals surface area contributed by atoms with Crippen molar-refractivity contribution in [2.45, 2.75) is 18.8 Å². The highest BCUT2D eigenvalue weighted by Crippen LogP contribution is 2.35. The summed E-state index contributed by atoms with van der Waals surface area (Å²) in [4.78, 5) is 32.8. The first-order valence-corrected chi connectivity index (χ1v) is 13.1. The number of carbonyl (C=O) groups is 3. The van der Waals surface area contributed by atoms with Gasteiger partial charge in [-0.2, -0.15) is 31.4 Å². The lowest BCUT2D eigenvalue weighted by Crippen LogP contribution is -2.32. The molecule has 1 atom stereocenters. The van der Waals surface area contributed by atoms with Gasteiger partial charge in [0.25, 0.3) is 0 Å². The number of amides is 1. The maximum absolute atomic E-state index is 14.9. The van der Waals surface area contributed by atoms with Crippen molar-refractivity contribution in [2.24, 2.45) is 5.92 Å². The molecule has 0 aliphatic carbocycles. The second-order valence-electron chi connectivity index (χ2n) is 9.75. The summed E-state index contributed by atoms with van der Waals surface area (Å²) in [5.41, 5.74) is 2.10. The number of rotatable bonds is 8. The molecule has 47 heavy (non-hydrogen) atoms. The smallest absolute Gasteiger partial charge is 0.490 e. The molecule has 4 N–H and O–H groups in total. The fourth-order valence-corrected chi connectivity index (χ4v) is 3.63. The highest BCUT2D eigenvalue weighted by atomic mass is 19.4. The van der Waals surface area contributed by atoms with Crippen LogP contribution in [0.5, 0.6) is 17.2 Å². The van der Waals surface area contributed by atoms with Crippen molar-refractivity contribution in [1.82, 2.24) is 15.1 Å². The summed E-state index contributed by atoms with van der Waals surface area (Å²) in [6.07, 6.45) is -6.54. The molecule has 258 valence electrons. The molecule has 2 aromatic carbocycles. The quantitative estimate of drug-likeness (QED) is 0.247. The van der Waals surface area contributed by atoms with E-state index in [4.69, 9.17) is 34.0 Å². The van der Waals surface area contributed by atoms with E-state index in [1.165, 1.54) is 12.3 Å². The van der Waals surface area contributed by atoms with Gasteiger partial charge in [-0.05, 0) is 50.3 Å². The van der Waals surface area contributed by atoms with Crippen molar-refractivity contribution in [3.63, 3.8) is 0 Å². The van der Waals surface area contributed by atoms with E-state index in [0.717, 1.165) is 11.3 Å². The Morgan fingerprint density at radius 1 is 1.06 bits per heavy atom.